The second-order valence-electron chi connectivity index (χ2n) is 3.11. The summed E-state index contributed by atoms with van der Waals surface area (Å²) in [5, 5.41) is 28.0. The smallest absolute Gasteiger partial charge is 0.172 e. The lowest BCUT2D eigenvalue weighted by atomic mass is 10.0. The van der Waals surface area contributed by atoms with Crippen LogP contribution in [0.5, 0.6) is 0 Å². The van der Waals surface area contributed by atoms with Crippen LogP contribution in [-0.2, 0) is 9.47 Å². The van der Waals surface area contributed by atoms with Gasteiger partial charge in [-0.15, -0.1) is 0 Å². The first kappa shape index (κ1) is 12.6. The number of rotatable bonds is 3. The van der Waals surface area contributed by atoms with Crippen LogP contribution < -0.4 is 0 Å². The predicted molar refractivity (Wildman–Crippen MR) is 57.2 cm³/mol. The number of hydrogen-bond acceptors (Lipinski definition) is 5. The van der Waals surface area contributed by atoms with Crippen molar-refractivity contribution < 1.29 is 24.8 Å². The zero-order valence-corrected chi connectivity index (χ0v) is 9.99. The molecule has 3 N–H and O–H groups in total. The molecule has 1 fully saturated rings. The second-order valence-corrected chi connectivity index (χ2v) is 4.54. The van der Waals surface area contributed by atoms with Gasteiger partial charge >= 0.3 is 0 Å². The third kappa shape index (κ3) is 2.56. The Balaban J connectivity index is 2.63. The summed E-state index contributed by atoms with van der Waals surface area (Å²) in [6.07, 6.45) is -3.33. The van der Waals surface area contributed by atoms with E-state index in [9.17, 15) is 10.2 Å². The molecule has 0 spiro atoms. The van der Waals surface area contributed by atoms with E-state index in [2.05, 4.69) is 0 Å². The van der Waals surface area contributed by atoms with E-state index in [0.717, 1.165) is 0 Å². The average molecular weight is 318 g/mol. The van der Waals surface area contributed by atoms with E-state index in [1.807, 2.05) is 29.5 Å². The van der Waals surface area contributed by atoms with Crippen molar-refractivity contribution in [2.75, 3.05) is 13.2 Å². The number of halogens is 1. The van der Waals surface area contributed by atoms with Crippen LogP contribution in [0.15, 0.2) is 0 Å². The molecule has 1 aliphatic rings. The predicted octanol–water partition coefficient (Wildman–Crippen LogP) is -0.735. The van der Waals surface area contributed by atoms with Gasteiger partial charge in [0.05, 0.1) is 16.6 Å². The minimum absolute atomic E-state index is 0.328. The summed E-state index contributed by atoms with van der Waals surface area (Å²) in [6, 6.07) is 0. The normalized spacial score (nSPS) is 43.9. The maximum atomic E-state index is 9.62. The molecule has 1 rings (SSSR count). The SMILES string of the molecule is CCOC1OC(CO)C(O)C(O)C1I. The molecule has 5 atom stereocenters. The first-order chi connectivity index (χ1) is 6.61. The molecule has 5 unspecified atom stereocenters. The summed E-state index contributed by atoms with van der Waals surface area (Å²) >= 11 is 1.97. The molecule has 0 amide bonds. The fraction of sp³-hybridized carbons (Fsp3) is 1.00. The van der Waals surface area contributed by atoms with Crippen molar-refractivity contribution in [2.45, 2.75) is 35.5 Å². The van der Waals surface area contributed by atoms with Crippen LogP contribution in [0.25, 0.3) is 0 Å². The molecule has 5 nitrogen and oxygen atoms in total. The minimum atomic E-state index is -1.06. The van der Waals surface area contributed by atoms with Crippen molar-refractivity contribution in [1.29, 1.82) is 0 Å². The van der Waals surface area contributed by atoms with Crippen LogP contribution in [0.3, 0.4) is 0 Å². The van der Waals surface area contributed by atoms with Gasteiger partial charge in [-0.25, -0.2) is 0 Å². The maximum Gasteiger partial charge on any atom is 0.172 e. The highest BCUT2D eigenvalue weighted by Gasteiger charge is 2.43. The molecule has 0 aromatic rings. The molecule has 0 aliphatic carbocycles. The van der Waals surface area contributed by atoms with Gasteiger partial charge in [-0.05, 0) is 6.92 Å². The Morgan fingerprint density at radius 3 is 2.50 bits per heavy atom. The Morgan fingerprint density at radius 2 is 2.00 bits per heavy atom. The molecule has 0 bridgehead atoms. The number of ether oxygens (including phenoxy) is 2. The van der Waals surface area contributed by atoms with Crippen LogP contribution in [0.1, 0.15) is 6.92 Å². The molecule has 1 saturated heterocycles. The van der Waals surface area contributed by atoms with Crippen LogP contribution in [0.4, 0.5) is 0 Å². The largest absolute Gasteiger partial charge is 0.394 e. The van der Waals surface area contributed by atoms with E-state index < -0.39 is 24.6 Å². The Hall–Kier alpha value is 0.530. The summed E-state index contributed by atoms with van der Waals surface area (Å²) in [4.78, 5) is 0. The van der Waals surface area contributed by atoms with E-state index in [0.29, 0.717) is 6.61 Å². The van der Waals surface area contributed by atoms with Crippen LogP contribution in [0.2, 0.25) is 0 Å². The third-order valence-electron chi connectivity index (χ3n) is 2.14. The van der Waals surface area contributed by atoms with Crippen molar-refractivity contribution in [3.05, 3.63) is 0 Å². The van der Waals surface area contributed by atoms with Crippen LogP contribution >= 0.6 is 22.6 Å². The van der Waals surface area contributed by atoms with E-state index in [1.165, 1.54) is 0 Å². The zero-order valence-electron chi connectivity index (χ0n) is 7.84. The number of aliphatic hydroxyl groups excluding tert-OH is 3. The van der Waals surface area contributed by atoms with Gasteiger partial charge in [0.1, 0.15) is 12.2 Å². The van der Waals surface area contributed by atoms with Crippen LogP contribution in [0, 0.1) is 0 Å². The van der Waals surface area contributed by atoms with Crippen molar-refractivity contribution in [3.63, 3.8) is 0 Å². The summed E-state index contributed by atoms with van der Waals surface area (Å²) in [7, 11) is 0. The number of aliphatic hydroxyl groups is 3. The molecule has 0 saturated carbocycles. The Labute approximate surface area is 96.2 Å². The lowest BCUT2D eigenvalue weighted by molar-refractivity contribution is -0.248. The lowest BCUT2D eigenvalue weighted by Gasteiger charge is -2.39. The second kappa shape index (κ2) is 5.57. The molecule has 1 aliphatic heterocycles. The molecule has 14 heavy (non-hydrogen) atoms. The molecule has 84 valence electrons. The highest BCUT2D eigenvalue weighted by Crippen LogP contribution is 2.27. The van der Waals surface area contributed by atoms with Crippen molar-refractivity contribution in [1.82, 2.24) is 0 Å². The fourth-order valence-corrected chi connectivity index (χ4v) is 2.15. The highest BCUT2D eigenvalue weighted by atomic mass is 127. The molecular formula is C8H15IO5. The van der Waals surface area contributed by atoms with Gasteiger partial charge in [-0.1, -0.05) is 22.6 Å². The van der Waals surface area contributed by atoms with Gasteiger partial charge in [-0.3, -0.25) is 0 Å². The first-order valence-electron chi connectivity index (χ1n) is 4.50. The summed E-state index contributed by atoms with van der Waals surface area (Å²) in [5.41, 5.74) is 0. The Bertz CT molecular complexity index is 175. The van der Waals surface area contributed by atoms with Crippen molar-refractivity contribution in [2.24, 2.45) is 0 Å². The summed E-state index contributed by atoms with van der Waals surface area (Å²) < 4.78 is 10.2. The van der Waals surface area contributed by atoms with Gasteiger partial charge in [0, 0.05) is 6.61 Å². The molecule has 0 aromatic heterocycles. The van der Waals surface area contributed by atoms with E-state index in [4.69, 9.17) is 14.6 Å². The summed E-state index contributed by atoms with van der Waals surface area (Å²) in [6.45, 7) is 1.95. The van der Waals surface area contributed by atoms with E-state index in [1.54, 1.807) is 0 Å². The quantitative estimate of drug-likeness (QED) is 0.472. The molecule has 0 radical (unpaired) electrons. The van der Waals surface area contributed by atoms with Gasteiger partial charge in [-0.2, -0.15) is 0 Å². The van der Waals surface area contributed by atoms with Gasteiger partial charge in [0.15, 0.2) is 6.29 Å². The molecule has 1 heterocycles. The maximum absolute atomic E-state index is 9.62. The Morgan fingerprint density at radius 1 is 1.36 bits per heavy atom. The zero-order chi connectivity index (χ0) is 10.7. The number of hydrogen-bond donors (Lipinski definition) is 3. The lowest BCUT2D eigenvalue weighted by Crippen LogP contribution is -2.57. The fourth-order valence-electron chi connectivity index (χ4n) is 1.34. The molecule has 0 aromatic carbocycles. The monoisotopic (exact) mass is 318 g/mol. The topological polar surface area (TPSA) is 79.2 Å². The van der Waals surface area contributed by atoms with Crippen LogP contribution in [-0.4, -0.2) is 57.1 Å². The van der Waals surface area contributed by atoms with Gasteiger partial charge < -0.3 is 24.8 Å². The minimum Gasteiger partial charge on any atom is -0.394 e. The van der Waals surface area contributed by atoms with Crippen molar-refractivity contribution in [3.8, 4) is 0 Å². The highest BCUT2D eigenvalue weighted by molar-refractivity contribution is 14.1. The molecule has 6 heteroatoms. The standard InChI is InChI=1S/C8H15IO5/c1-2-13-8-5(9)7(12)6(11)4(3-10)14-8/h4-8,10-12H,2-3H2,1H3. The summed E-state index contributed by atoms with van der Waals surface area (Å²) in [5.74, 6) is 0. The van der Waals surface area contributed by atoms with E-state index >= 15 is 0 Å². The van der Waals surface area contributed by atoms with E-state index in [-0.39, 0.29) is 10.5 Å². The Kier molecular flexibility index (Phi) is 5.01. The average Bonchev–Trinajstić information content (AvgIpc) is 2.19. The molecular weight excluding hydrogens is 303 g/mol. The van der Waals surface area contributed by atoms with Gasteiger partial charge in [0.25, 0.3) is 0 Å². The van der Waals surface area contributed by atoms with Crippen molar-refractivity contribution >= 4 is 22.6 Å². The first-order valence-corrected chi connectivity index (χ1v) is 5.74. The number of alkyl halides is 1. The third-order valence-corrected chi connectivity index (χ3v) is 3.46. The van der Waals surface area contributed by atoms with Gasteiger partial charge in [0.2, 0.25) is 0 Å².